The van der Waals surface area contributed by atoms with Crippen LogP contribution in [0.5, 0.6) is 0 Å². The molecule has 7 heteroatoms. The van der Waals surface area contributed by atoms with E-state index in [0.29, 0.717) is 6.54 Å². The lowest BCUT2D eigenvalue weighted by molar-refractivity contribution is -0.384. The van der Waals surface area contributed by atoms with E-state index in [-0.39, 0.29) is 12.2 Å². The van der Waals surface area contributed by atoms with Gasteiger partial charge < -0.3 is 16.8 Å². The van der Waals surface area contributed by atoms with Gasteiger partial charge in [0.15, 0.2) is 0 Å². The van der Waals surface area contributed by atoms with Crippen LogP contribution in [0, 0.1) is 10.1 Å². The van der Waals surface area contributed by atoms with Gasteiger partial charge in [-0.15, -0.1) is 0 Å². The van der Waals surface area contributed by atoms with E-state index in [4.69, 9.17) is 11.5 Å². The molecular formula is C10H14N4O3. The lowest BCUT2D eigenvalue weighted by atomic mass is 10.2. The first-order chi connectivity index (χ1) is 8.00. The fraction of sp³-hybridized carbons (Fsp3) is 0.300. The molecule has 1 amide bonds. The zero-order valence-electron chi connectivity index (χ0n) is 9.13. The number of nitro benzene ring substituents is 1. The average Bonchev–Trinajstić information content (AvgIpc) is 2.29. The minimum atomic E-state index is -0.756. The quantitative estimate of drug-likeness (QED) is 0.455. The van der Waals surface area contributed by atoms with Gasteiger partial charge in [0.1, 0.15) is 0 Å². The smallest absolute Gasteiger partial charge is 0.269 e. The lowest BCUT2D eigenvalue weighted by Gasteiger charge is -2.08. The molecule has 0 bridgehead atoms. The van der Waals surface area contributed by atoms with Crippen LogP contribution in [0.4, 0.5) is 5.69 Å². The molecule has 0 aliphatic rings. The summed E-state index contributed by atoms with van der Waals surface area (Å²) in [5.74, 6) is -0.587. The molecule has 5 N–H and O–H groups in total. The maximum Gasteiger partial charge on any atom is 0.269 e. The lowest BCUT2D eigenvalue weighted by Crippen LogP contribution is -2.44. The Morgan fingerprint density at radius 2 is 2.24 bits per heavy atom. The third kappa shape index (κ3) is 4.17. The number of carbonyl (C=O) groups excluding carboxylic acids is 1. The molecule has 0 saturated heterocycles. The van der Waals surface area contributed by atoms with Gasteiger partial charge in [-0.25, -0.2) is 0 Å². The van der Waals surface area contributed by atoms with E-state index >= 15 is 0 Å². The summed E-state index contributed by atoms with van der Waals surface area (Å²) in [4.78, 5) is 20.7. The number of rotatable bonds is 6. The van der Waals surface area contributed by atoms with Crippen molar-refractivity contribution in [2.45, 2.75) is 12.6 Å². The summed E-state index contributed by atoms with van der Waals surface area (Å²) in [6.07, 6.45) is 0. The van der Waals surface area contributed by atoms with Crippen molar-refractivity contribution in [2.24, 2.45) is 11.5 Å². The normalized spacial score (nSPS) is 12.1. The largest absolute Gasteiger partial charge is 0.368 e. The molecule has 92 valence electrons. The van der Waals surface area contributed by atoms with E-state index in [1.165, 1.54) is 12.1 Å². The van der Waals surface area contributed by atoms with Crippen molar-refractivity contribution in [3.05, 3.63) is 39.9 Å². The van der Waals surface area contributed by atoms with Gasteiger partial charge in [-0.05, 0) is 5.56 Å². The van der Waals surface area contributed by atoms with Gasteiger partial charge in [-0.3, -0.25) is 14.9 Å². The number of primary amides is 1. The van der Waals surface area contributed by atoms with Crippen LogP contribution < -0.4 is 16.8 Å². The van der Waals surface area contributed by atoms with Gasteiger partial charge >= 0.3 is 0 Å². The summed E-state index contributed by atoms with van der Waals surface area (Å²) in [5, 5.41) is 13.4. The first kappa shape index (κ1) is 13.1. The number of hydrogen-bond donors (Lipinski definition) is 3. The third-order valence-electron chi connectivity index (χ3n) is 2.18. The van der Waals surface area contributed by atoms with E-state index in [1.807, 2.05) is 0 Å². The molecule has 1 unspecified atom stereocenters. The summed E-state index contributed by atoms with van der Waals surface area (Å²) in [5.41, 5.74) is 11.2. The maximum absolute atomic E-state index is 10.7. The van der Waals surface area contributed by atoms with E-state index in [9.17, 15) is 14.9 Å². The van der Waals surface area contributed by atoms with Crippen LogP contribution in [-0.4, -0.2) is 23.4 Å². The Morgan fingerprint density at radius 1 is 1.53 bits per heavy atom. The van der Waals surface area contributed by atoms with E-state index in [1.54, 1.807) is 12.1 Å². The van der Waals surface area contributed by atoms with Crippen LogP contribution in [-0.2, 0) is 11.3 Å². The van der Waals surface area contributed by atoms with E-state index in [0.717, 1.165) is 5.56 Å². The highest BCUT2D eigenvalue weighted by Crippen LogP contribution is 2.12. The topological polar surface area (TPSA) is 124 Å². The van der Waals surface area contributed by atoms with Gasteiger partial charge in [0.25, 0.3) is 5.69 Å². The summed E-state index contributed by atoms with van der Waals surface area (Å²) in [6, 6.07) is 5.47. The Balaban J connectivity index is 2.49. The van der Waals surface area contributed by atoms with Crippen molar-refractivity contribution in [2.75, 3.05) is 6.54 Å². The van der Waals surface area contributed by atoms with Gasteiger partial charge in [-0.1, -0.05) is 12.1 Å². The molecule has 0 heterocycles. The molecule has 0 saturated carbocycles. The van der Waals surface area contributed by atoms with Crippen molar-refractivity contribution < 1.29 is 9.72 Å². The van der Waals surface area contributed by atoms with Gasteiger partial charge in [0.2, 0.25) is 5.91 Å². The number of non-ortho nitro benzene ring substituents is 1. The number of nitro groups is 1. The predicted molar refractivity (Wildman–Crippen MR) is 62.0 cm³/mol. The van der Waals surface area contributed by atoms with Crippen LogP contribution in [0.3, 0.4) is 0 Å². The molecule has 17 heavy (non-hydrogen) atoms. The Hall–Kier alpha value is -1.99. The molecule has 1 atom stereocenters. The molecule has 1 aromatic rings. The second kappa shape index (κ2) is 5.92. The average molecular weight is 238 g/mol. The molecular weight excluding hydrogens is 224 g/mol. The van der Waals surface area contributed by atoms with Crippen molar-refractivity contribution in [1.82, 2.24) is 5.32 Å². The zero-order valence-corrected chi connectivity index (χ0v) is 9.13. The summed E-state index contributed by atoms with van der Waals surface area (Å²) in [6.45, 7) is 0.626. The van der Waals surface area contributed by atoms with Gasteiger partial charge in [0.05, 0.1) is 11.0 Å². The monoisotopic (exact) mass is 238 g/mol. The summed E-state index contributed by atoms with van der Waals surface area (Å²) < 4.78 is 0. The molecule has 0 fully saturated rings. The van der Waals surface area contributed by atoms with Crippen LogP contribution in [0.15, 0.2) is 24.3 Å². The minimum absolute atomic E-state index is 0.0310. The fourth-order valence-electron chi connectivity index (χ4n) is 1.25. The van der Waals surface area contributed by atoms with Crippen molar-refractivity contribution in [1.29, 1.82) is 0 Å². The molecule has 7 nitrogen and oxygen atoms in total. The molecule has 0 aromatic heterocycles. The number of carbonyl (C=O) groups is 1. The Kier molecular flexibility index (Phi) is 4.56. The number of amides is 1. The highest BCUT2D eigenvalue weighted by molar-refractivity contribution is 5.79. The van der Waals surface area contributed by atoms with Crippen molar-refractivity contribution >= 4 is 11.6 Å². The van der Waals surface area contributed by atoms with Gasteiger partial charge in [-0.2, -0.15) is 0 Å². The SMILES string of the molecule is NC(=O)C(N)CNCc1cccc([N+](=O)[O-])c1. The van der Waals surface area contributed by atoms with Crippen molar-refractivity contribution in [3.8, 4) is 0 Å². The summed E-state index contributed by atoms with van der Waals surface area (Å²) in [7, 11) is 0. The zero-order chi connectivity index (χ0) is 12.8. The standard InChI is InChI=1S/C10H14N4O3/c11-9(10(12)15)6-13-5-7-2-1-3-8(4-7)14(16)17/h1-4,9,13H,5-6,11H2,(H2,12,15). The molecule has 0 aliphatic carbocycles. The Labute approximate surface area is 97.9 Å². The van der Waals surface area contributed by atoms with Crippen LogP contribution >= 0.6 is 0 Å². The molecule has 0 aliphatic heterocycles. The molecule has 1 rings (SSSR count). The highest BCUT2D eigenvalue weighted by atomic mass is 16.6. The highest BCUT2D eigenvalue weighted by Gasteiger charge is 2.09. The third-order valence-corrected chi connectivity index (χ3v) is 2.18. The molecule has 0 spiro atoms. The second-order valence-electron chi connectivity index (χ2n) is 3.57. The van der Waals surface area contributed by atoms with Crippen LogP contribution in [0.25, 0.3) is 0 Å². The molecule has 1 aromatic carbocycles. The van der Waals surface area contributed by atoms with E-state index < -0.39 is 16.9 Å². The van der Waals surface area contributed by atoms with Crippen LogP contribution in [0.2, 0.25) is 0 Å². The number of nitrogens with one attached hydrogen (secondary N) is 1. The van der Waals surface area contributed by atoms with Gasteiger partial charge in [0, 0.05) is 25.2 Å². The molecule has 0 radical (unpaired) electrons. The first-order valence-electron chi connectivity index (χ1n) is 4.99. The minimum Gasteiger partial charge on any atom is -0.368 e. The number of nitrogens with two attached hydrogens (primary N) is 2. The Morgan fingerprint density at radius 3 is 2.82 bits per heavy atom. The Bertz CT molecular complexity index is 422. The summed E-state index contributed by atoms with van der Waals surface area (Å²) >= 11 is 0. The van der Waals surface area contributed by atoms with Crippen molar-refractivity contribution in [3.63, 3.8) is 0 Å². The maximum atomic E-state index is 10.7. The van der Waals surface area contributed by atoms with E-state index in [2.05, 4.69) is 5.32 Å². The number of hydrogen-bond acceptors (Lipinski definition) is 5. The predicted octanol–water partition coefficient (Wildman–Crippen LogP) is -0.503. The van der Waals surface area contributed by atoms with Crippen LogP contribution in [0.1, 0.15) is 5.56 Å². The number of nitrogens with zero attached hydrogens (tertiary/aromatic N) is 1. The fourth-order valence-corrected chi connectivity index (χ4v) is 1.25. The second-order valence-corrected chi connectivity index (χ2v) is 3.57. The number of benzene rings is 1. The first-order valence-corrected chi connectivity index (χ1v) is 4.99.